The monoisotopic (exact) mass is 365 g/mol. The van der Waals surface area contributed by atoms with Crippen molar-refractivity contribution in [1.29, 1.82) is 0 Å². The van der Waals surface area contributed by atoms with E-state index in [1.165, 1.54) is 0 Å². The van der Waals surface area contributed by atoms with Crippen molar-refractivity contribution >= 4 is 49.9 Å². The van der Waals surface area contributed by atoms with Crippen LogP contribution in [0.2, 0.25) is 0 Å². The highest BCUT2D eigenvalue weighted by atomic mass is 79.9. The van der Waals surface area contributed by atoms with Crippen LogP contribution >= 0.6 is 28.1 Å². The third-order valence-electron chi connectivity index (χ3n) is 3.21. The summed E-state index contributed by atoms with van der Waals surface area (Å²) in [5, 5.41) is 11.2. The molecular formula is C16H16BrNO2S. The van der Waals surface area contributed by atoms with Crippen LogP contribution in [0.5, 0.6) is 0 Å². The summed E-state index contributed by atoms with van der Waals surface area (Å²) in [6, 6.07) is 11.9. The zero-order valence-corrected chi connectivity index (χ0v) is 14.1. The fourth-order valence-electron chi connectivity index (χ4n) is 2.31. The minimum Gasteiger partial charge on any atom is -0.480 e. The number of aliphatic carboxylic acids is 1. The predicted octanol–water partition coefficient (Wildman–Crippen LogP) is 4.07. The maximum Gasteiger partial charge on any atom is 0.323 e. The third-order valence-corrected chi connectivity index (χ3v) is 4.38. The smallest absolute Gasteiger partial charge is 0.323 e. The van der Waals surface area contributed by atoms with Crippen LogP contribution in [0.4, 0.5) is 0 Å². The molecule has 0 saturated carbocycles. The van der Waals surface area contributed by atoms with Gasteiger partial charge in [-0.2, -0.15) is 0 Å². The molecule has 5 heteroatoms. The van der Waals surface area contributed by atoms with Gasteiger partial charge in [-0.1, -0.05) is 65.4 Å². The molecule has 0 atom stereocenters. The Morgan fingerprint density at radius 3 is 2.57 bits per heavy atom. The Balaban J connectivity index is 2.46. The maximum absolute atomic E-state index is 11.0. The summed E-state index contributed by atoms with van der Waals surface area (Å²) in [5.74, 6) is -0.868. The van der Waals surface area contributed by atoms with Gasteiger partial charge in [0, 0.05) is 16.6 Å². The van der Waals surface area contributed by atoms with Gasteiger partial charge in [0.05, 0.1) is 0 Å². The van der Waals surface area contributed by atoms with E-state index in [1.807, 2.05) is 43.3 Å². The van der Waals surface area contributed by atoms with Crippen LogP contribution in [0.1, 0.15) is 18.9 Å². The van der Waals surface area contributed by atoms with E-state index in [0.717, 1.165) is 27.2 Å². The first kappa shape index (κ1) is 15.9. The molecule has 0 spiro atoms. The van der Waals surface area contributed by atoms with Crippen molar-refractivity contribution in [1.82, 2.24) is 4.90 Å². The lowest BCUT2D eigenvalue weighted by Gasteiger charge is -2.24. The summed E-state index contributed by atoms with van der Waals surface area (Å²) in [4.78, 5) is 13.4. The predicted molar refractivity (Wildman–Crippen MR) is 92.8 cm³/mol. The van der Waals surface area contributed by atoms with E-state index in [2.05, 4.69) is 15.9 Å². The van der Waals surface area contributed by atoms with Gasteiger partial charge in [-0.05, 0) is 23.3 Å². The number of carbonyl (C=O) groups is 1. The molecule has 0 amide bonds. The molecule has 0 saturated heterocycles. The lowest BCUT2D eigenvalue weighted by Crippen LogP contribution is -2.35. The summed E-state index contributed by atoms with van der Waals surface area (Å²) >= 11 is 9.08. The fraction of sp³-hybridized carbons (Fsp3) is 0.250. The van der Waals surface area contributed by atoms with Crippen LogP contribution in [-0.2, 0) is 4.79 Å². The number of thiocarbonyl (C=S) groups is 1. The molecule has 2 rings (SSSR count). The fourth-order valence-corrected chi connectivity index (χ4v) is 3.15. The molecule has 110 valence electrons. The SMILES string of the molecule is CCCN(CC(=O)O)C(=S)c1cccc2c(Br)cccc12. The quantitative estimate of drug-likeness (QED) is 0.810. The number of carboxylic acid groups (broad SMARTS) is 1. The van der Waals surface area contributed by atoms with Gasteiger partial charge in [-0.25, -0.2) is 0 Å². The molecule has 0 aliphatic rings. The van der Waals surface area contributed by atoms with Crippen LogP contribution in [0, 0.1) is 0 Å². The van der Waals surface area contributed by atoms with Gasteiger partial charge >= 0.3 is 5.97 Å². The Labute approximate surface area is 137 Å². The second-order valence-corrected chi connectivity index (χ2v) is 6.00. The summed E-state index contributed by atoms with van der Waals surface area (Å²) in [7, 11) is 0. The Kier molecular flexibility index (Phi) is 5.31. The molecule has 21 heavy (non-hydrogen) atoms. The Morgan fingerprint density at radius 2 is 1.90 bits per heavy atom. The normalized spacial score (nSPS) is 10.6. The van der Waals surface area contributed by atoms with Crippen LogP contribution in [0.3, 0.4) is 0 Å². The van der Waals surface area contributed by atoms with Crippen LogP contribution in [-0.4, -0.2) is 34.1 Å². The first-order valence-corrected chi connectivity index (χ1v) is 7.93. The number of halogens is 1. The molecule has 0 radical (unpaired) electrons. The summed E-state index contributed by atoms with van der Waals surface area (Å²) in [6.45, 7) is 2.57. The molecule has 3 nitrogen and oxygen atoms in total. The van der Waals surface area contributed by atoms with Gasteiger partial charge in [0.2, 0.25) is 0 Å². The zero-order chi connectivity index (χ0) is 15.4. The van der Waals surface area contributed by atoms with Gasteiger partial charge < -0.3 is 10.0 Å². The van der Waals surface area contributed by atoms with E-state index >= 15 is 0 Å². The van der Waals surface area contributed by atoms with Crippen molar-refractivity contribution < 1.29 is 9.90 Å². The maximum atomic E-state index is 11.0. The average molecular weight is 366 g/mol. The molecule has 0 fully saturated rings. The van der Waals surface area contributed by atoms with Crippen molar-refractivity contribution in [2.24, 2.45) is 0 Å². The van der Waals surface area contributed by atoms with E-state index in [0.29, 0.717) is 11.5 Å². The van der Waals surface area contributed by atoms with Crippen molar-refractivity contribution in [2.45, 2.75) is 13.3 Å². The number of hydrogen-bond donors (Lipinski definition) is 1. The van der Waals surface area contributed by atoms with E-state index in [4.69, 9.17) is 17.3 Å². The standard InChI is InChI=1S/C16H16BrNO2S/c1-2-9-18(10-15(19)20)16(21)13-7-3-6-12-11(13)5-4-8-14(12)17/h3-8H,2,9-10H2,1H3,(H,19,20). The first-order chi connectivity index (χ1) is 10.0. The summed E-state index contributed by atoms with van der Waals surface area (Å²) in [5.41, 5.74) is 0.901. The third kappa shape index (κ3) is 3.60. The molecule has 0 aliphatic heterocycles. The molecule has 0 bridgehead atoms. The van der Waals surface area contributed by atoms with E-state index in [9.17, 15) is 4.79 Å². The number of benzene rings is 2. The average Bonchev–Trinajstić information content (AvgIpc) is 2.45. The van der Waals surface area contributed by atoms with Crippen LogP contribution in [0.15, 0.2) is 40.9 Å². The van der Waals surface area contributed by atoms with Gasteiger partial charge in [0.1, 0.15) is 11.5 Å². The Morgan fingerprint density at radius 1 is 1.24 bits per heavy atom. The Bertz CT molecular complexity index is 687. The molecule has 2 aromatic carbocycles. The number of fused-ring (bicyclic) bond motifs is 1. The first-order valence-electron chi connectivity index (χ1n) is 6.73. The highest BCUT2D eigenvalue weighted by Crippen LogP contribution is 2.27. The highest BCUT2D eigenvalue weighted by Gasteiger charge is 2.16. The van der Waals surface area contributed by atoms with E-state index in [1.54, 1.807) is 4.90 Å². The second-order valence-electron chi connectivity index (χ2n) is 4.76. The second kappa shape index (κ2) is 7.00. The van der Waals surface area contributed by atoms with Crippen LogP contribution < -0.4 is 0 Å². The molecular weight excluding hydrogens is 350 g/mol. The summed E-state index contributed by atoms with van der Waals surface area (Å²) in [6.07, 6.45) is 0.849. The van der Waals surface area contributed by atoms with Crippen molar-refractivity contribution in [2.75, 3.05) is 13.1 Å². The molecule has 2 aromatic rings. The number of rotatable bonds is 5. The number of nitrogens with zero attached hydrogens (tertiary/aromatic N) is 1. The molecule has 0 aliphatic carbocycles. The van der Waals surface area contributed by atoms with E-state index < -0.39 is 5.97 Å². The molecule has 0 heterocycles. The van der Waals surface area contributed by atoms with Crippen molar-refractivity contribution in [3.63, 3.8) is 0 Å². The minimum absolute atomic E-state index is 0.0724. The minimum atomic E-state index is -0.868. The number of hydrogen-bond acceptors (Lipinski definition) is 2. The number of carboxylic acids is 1. The van der Waals surface area contributed by atoms with Crippen LogP contribution in [0.25, 0.3) is 10.8 Å². The largest absolute Gasteiger partial charge is 0.480 e. The van der Waals surface area contributed by atoms with Gasteiger partial charge in [-0.15, -0.1) is 0 Å². The highest BCUT2D eigenvalue weighted by molar-refractivity contribution is 9.10. The zero-order valence-electron chi connectivity index (χ0n) is 11.7. The summed E-state index contributed by atoms with van der Waals surface area (Å²) < 4.78 is 1.00. The lowest BCUT2D eigenvalue weighted by molar-refractivity contribution is -0.137. The molecule has 0 aromatic heterocycles. The van der Waals surface area contributed by atoms with E-state index in [-0.39, 0.29) is 6.54 Å². The van der Waals surface area contributed by atoms with Gasteiger partial charge in [-0.3, -0.25) is 4.79 Å². The molecule has 1 N–H and O–H groups in total. The van der Waals surface area contributed by atoms with Gasteiger partial charge in [0.25, 0.3) is 0 Å². The lowest BCUT2D eigenvalue weighted by atomic mass is 10.0. The topological polar surface area (TPSA) is 40.5 Å². The molecule has 0 unspecified atom stereocenters. The Hall–Kier alpha value is -1.46. The van der Waals surface area contributed by atoms with Gasteiger partial charge in [0.15, 0.2) is 0 Å². The van der Waals surface area contributed by atoms with Crippen molar-refractivity contribution in [3.05, 3.63) is 46.4 Å². The van der Waals surface area contributed by atoms with Crippen molar-refractivity contribution in [3.8, 4) is 0 Å².